The highest BCUT2D eigenvalue weighted by atomic mass is 19.1. The highest BCUT2D eigenvalue weighted by molar-refractivity contribution is 5.09. The molecule has 0 radical (unpaired) electrons. The van der Waals surface area contributed by atoms with Gasteiger partial charge in [0.2, 0.25) is 0 Å². The molecule has 1 atom stereocenters. The Kier molecular flexibility index (Phi) is 5.07. The molecule has 1 aliphatic rings. The van der Waals surface area contributed by atoms with Crippen LogP contribution in [0.1, 0.15) is 46.5 Å². The third-order valence-corrected chi connectivity index (χ3v) is 3.65. The summed E-state index contributed by atoms with van der Waals surface area (Å²) in [7, 11) is 0. The van der Waals surface area contributed by atoms with E-state index < -0.39 is 0 Å². The van der Waals surface area contributed by atoms with E-state index in [0.29, 0.717) is 5.92 Å². The van der Waals surface area contributed by atoms with Crippen LogP contribution >= 0.6 is 0 Å². The molecule has 0 aromatic carbocycles. The van der Waals surface area contributed by atoms with E-state index in [9.17, 15) is 4.39 Å². The van der Waals surface area contributed by atoms with Crippen molar-refractivity contribution in [3.8, 4) is 0 Å². The Hall–Kier alpha value is -0.590. The van der Waals surface area contributed by atoms with Gasteiger partial charge in [0.25, 0.3) is 0 Å². The van der Waals surface area contributed by atoms with E-state index in [1.807, 2.05) is 19.9 Å². The van der Waals surface area contributed by atoms with Crippen molar-refractivity contribution >= 4 is 0 Å². The Balaban J connectivity index is 2.49. The number of rotatable bonds is 3. The van der Waals surface area contributed by atoms with Crippen molar-refractivity contribution in [3.63, 3.8) is 0 Å². The molecule has 0 aromatic heterocycles. The minimum absolute atomic E-state index is 0.0488. The van der Waals surface area contributed by atoms with Gasteiger partial charge in [-0.15, -0.1) is 0 Å². The lowest BCUT2D eigenvalue weighted by Crippen LogP contribution is -2.19. The Labute approximate surface area is 93.3 Å². The lowest BCUT2D eigenvalue weighted by Gasteiger charge is -2.29. The zero-order valence-electron chi connectivity index (χ0n) is 10.2. The maximum atomic E-state index is 13.7. The highest BCUT2D eigenvalue weighted by Crippen LogP contribution is 2.36. The maximum Gasteiger partial charge on any atom is 0.103 e. The van der Waals surface area contributed by atoms with Crippen LogP contribution in [0.2, 0.25) is 0 Å². The summed E-state index contributed by atoms with van der Waals surface area (Å²) in [6.07, 6.45) is 10.2. The maximum absolute atomic E-state index is 13.7. The van der Waals surface area contributed by atoms with Crippen LogP contribution in [0.3, 0.4) is 0 Å². The number of hydrogen-bond donors (Lipinski definition) is 0. The molecule has 1 fully saturated rings. The molecule has 0 spiro atoms. The molecule has 0 heterocycles. The summed E-state index contributed by atoms with van der Waals surface area (Å²) in [4.78, 5) is 0. The fourth-order valence-corrected chi connectivity index (χ4v) is 2.35. The lowest BCUT2D eigenvalue weighted by molar-refractivity contribution is 0.225. The fraction of sp³-hybridized carbons (Fsp3) is 0.714. The van der Waals surface area contributed by atoms with Gasteiger partial charge in [0, 0.05) is 5.92 Å². The number of halogens is 1. The van der Waals surface area contributed by atoms with E-state index in [4.69, 9.17) is 0 Å². The summed E-state index contributed by atoms with van der Waals surface area (Å²) in [6.45, 7) is 6.24. The molecule has 0 aliphatic heterocycles. The molecule has 1 rings (SSSR count). The van der Waals surface area contributed by atoms with E-state index in [0.717, 1.165) is 5.92 Å². The standard InChI is InChI=1S/C14H23F/c1-4-5-6-14(15)12(3)13-9-7-11(2)8-10-13/h4-6,11-13H,7-10H2,1-3H3/b5-4-,14-6+/t11-,12?,13+. The molecule has 15 heavy (non-hydrogen) atoms. The molecule has 0 aromatic rings. The molecular weight excluding hydrogens is 187 g/mol. The molecule has 1 unspecified atom stereocenters. The van der Waals surface area contributed by atoms with Crippen molar-refractivity contribution in [1.29, 1.82) is 0 Å². The van der Waals surface area contributed by atoms with Crippen LogP contribution in [0.4, 0.5) is 4.39 Å². The van der Waals surface area contributed by atoms with Gasteiger partial charge in [-0.1, -0.05) is 38.8 Å². The first-order valence-corrected chi connectivity index (χ1v) is 6.13. The average molecular weight is 210 g/mol. The smallest absolute Gasteiger partial charge is 0.103 e. The summed E-state index contributed by atoms with van der Waals surface area (Å²) in [5.41, 5.74) is 0. The van der Waals surface area contributed by atoms with Gasteiger partial charge >= 0.3 is 0 Å². The van der Waals surface area contributed by atoms with Gasteiger partial charge in [-0.2, -0.15) is 0 Å². The SMILES string of the molecule is C/C=C\C=C(\F)C(C)[C@H]1CC[C@@H](C)CC1. The van der Waals surface area contributed by atoms with Crippen molar-refractivity contribution in [3.05, 3.63) is 24.1 Å². The first kappa shape index (κ1) is 12.5. The number of hydrogen-bond acceptors (Lipinski definition) is 0. The Bertz CT molecular complexity index is 232. The summed E-state index contributed by atoms with van der Waals surface area (Å²) in [5.74, 6) is 1.56. The number of allylic oxidation sites excluding steroid dienone is 4. The largest absolute Gasteiger partial charge is 0.212 e. The zero-order chi connectivity index (χ0) is 11.3. The zero-order valence-corrected chi connectivity index (χ0v) is 10.2. The molecule has 0 nitrogen and oxygen atoms in total. The van der Waals surface area contributed by atoms with Gasteiger partial charge in [0.15, 0.2) is 0 Å². The van der Waals surface area contributed by atoms with Crippen molar-refractivity contribution in [2.45, 2.75) is 46.5 Å². The third kappa shape index (κ3) is 3.81. The normalized spacial score (nSPS) is 30.8. The highest BCUT2D eigenvalue weighted by Gasteiger charge is 2.25. The second-order valence-electron chi connectivity index (χ2n) is 4.89. The van der Waals surface area contributed by atoms with E-state index in [1.54, 1.807) is 12.2 Å². The lowest BCUT2D eigenvalue weighted by atomic mass is 9.76. The minimum atomic E-state index is 0.0488. The van der Waals surface area contributed by atoms with Crippen LogP contribution < -0.4 is 0 Å². The van der Waals surface area contributed by atoms with E-state index in [-0.39, 0.29) is 11.7 Å². The quantitative estimate of drug-likeness (QED) is 0.582. The van der Waals surface area contributed by atoms with Crippen LogP contribution in [0.15, 0.2) is 24.1 Å². The van der Waals surface area contributed by atoms with Crippen LogP contribution in [0, 0.1) is 17.8 Å². The minimum Gasteiger partial charge on any atom is -0.212 e. The molecule has 0 bridgehead atoms. The van der Waals surface area contributed by atoms with Gasteiger partial charge in [0.1, 0.15) is 5.83 Å². The summed E-state index contributed by atoms with van der Waals surface area (Å²) < 4.78 is 13.7. The molecule has 1 heteroatoms. The molecule has 1 aliphatic carbocycles. The fourth-order valence-electron chi connectivity index (χ4n) is 2.35. The second-order valence-corrected chi connectivity index (χ2v) is 4.89. The Morgan fingerprint density at radius 2 is 1.87 bits per heavy atom. The summed E-state index contributed by atoms with van der Waals surface area (Å²) in [6, 6.07) is 0. The monoisotopic (exact) mass is 210 g/mol. The van der Waals surface area contributed by atoms with Crippen molar-refractivity contribution in [2.24, 2.45) is 17.8 Å². The molecule has 1 saturated carbocycles. The Morgan fingerprint density at radius 1 is 1.27 bits per heavy atom. The molecule has 0 saturated heterocycles. The van der Waals surface area contributed by atoms with Crippen molar-refractivity contribution in [2.75, 3.05) is 0 Å². The first-order valence-electron chi connectivity index (χ1n) is 6.13. The molecule has 86 valence electrons. The average Bonchev–Trinajstić information content (AvgIpc) is 2.26. The van der Waals surface area contributed by atoms with Gasteiger partial charge in [-0.3, -0.25) is 0 Å². The Morgan fingerprint density at radius 3 is 2.40 bits per heavy atom. The predicted octanol–water partition coefficient (Wildman–Crippen LogP) is 4.88. The van der Waals surface area contributed by atoms with Crippen LogP contribution in [-0.4, -0.2) is 0 Å². The third-order valence-electron chi connectivity index (χ3n) is 3.65. The van der Waals surface area contributed by atoms with Gasteiger partial charge in [0.05, 0.1) is 0 Å². The van der Waals surface area contributed by atoms with E-state index in [1.165, 1.54) is 25.7 Å². The van der Waals surface area contributed by atoms with Crippen LogP contribution in [0.5, 0.6) is 0 Å². The van der Waals surface area contributed by atoms with Gasteiger partial charge in [-0.25, -0.2) is 4.39 Å². The van der Waals surface area contributed by atoms with Crippen LogP contribution in [0.25, 0.3) is 0 Å². The van der Waals surface area contributed by atoms with E-state index >= 15 is 0 Å². The van der Waals surface area contributed by atoms with Gasteiger partial charge < -0.3 is 0 Å². The van der Waals surface area contributed by atoms with Crippen molar-refractivity contribution < 1.29 is 4.39 Å². The molecular formula is C14H23F. The molecule has 0 N–H and O–H groups in total. The topological polar surface area (TPSA) is 0 Å². The summed E-state index contributed by atoms with van der Waals surface area (Å²) in [5, 5.41) is 0. The van der Waals surface area contributed by atoms with Gasteiger partial charge in [-0.05, 0) is 37.7 Å². The van der Waals surface area contributed by atoms with Crippen molar-refractivity contribution in [1.82, 2.24) is 0 Å². The summed E-state index contributed by atoms with van der Waals surface area (Å²) >= 11 is 0. The first-order chi connectivity index (χ1) is 7.15. The van der Waals surface area contributed by atoms with Crippen LogP contribution in [-0.2, 0) is 0 Å². The second kappa shape index (κ2) is 6.09. The predicted molar refractivity (Wildman–Crippen MR) is 64.3 cm³/mol. The van der Waals surface area contributed by atoms with E-state index in [2.05, 4.69) is 6.92 Å². The molecule has 0 amide bonds.